The largest absolute Gasteiger partial charge is 0.456 e. The first-order valence-electron chi connectivity index (χ1n) is 8.19. The van der Waals surface area contributed by atoms with Crippen LogP contribution >= 0.6 is 0 Å². The zero-order valence-corrected chi connectivity index (χ0v) is 13.4. The molecule has 0 aromatic heterocycles. The fourth-order valence-electron chi connectivity index (χ4n) is 4.80. The number of carbonyl (C=O) groups is 1. The van der Waals surface area contributed by atoms with Crippen LogP contribution in [-0.2, 0) is 24.0 Å². The van der Waals surface area contributed by atoms with Gasteiger partial charge in [0.2, 0.25) is 17.8 Å². The summed E-state index contributed by atoms with van der Waals surface area (Å²) in [6, 6.07) is 0. The molecule has 134 valence electrons. The first kappa shape index (κ1) is 16.4. The third kappa shape index (κ3) is 2.02. The van der Waals surface area contributed by atoms with E-state index in [1.807, 2.05) is 6.92 Å². The number of aldehydes is 1. The smallest absolute Gasteiger partial charge is 0.449 e. The molecule has 0 N–H and O–H groups in total. The Kier molecular flexibility index (Phi) is 3.38. The van der Waals surface area contributed by atoms with E-state index in [4.69, 9.17) is 19.2 Å². The topological polar surface area (TPSA) is 54.0 Å². The molecule has 5 nitrogen and oxygen atoms in total. The van der Waals surface area contributed by atoms with Gasteiger partial charge in [0, 0.05) is 23.8 Å². The third-order valence-corrected chi connectivity index (χ3v) is 5.97. The summed E-state index contributed by atoms with van der Waals surface area (Å²) >= 11 is 0. The lowest BCUT2D eigenvalue weighted by Crippen LogP contribution is -2.67. The molecule has 1 saturated carbocycles. The summed E-state index contributed by atoms with van der Waals surface area (Å²) in [5.74, 6) is -3.05. The van der Waals surface area contributed by atoms with E-state index in [-0.39, 0.29) is 18.1 Å². The van der Waals surface area contributed by atoms with E-state index in [2.05, 4.69) is 0 Å². The molecule has 2 bridgehead atoms. The van der Waals surface area contributed by atoms with Crippen molar-refractivity contribution in [1.29, 1.82) is 0 Å². The summed E-state index contributed by atoms with van der Waals surface area (Å²) in [7, 11) is 0. The van der Waals surface area contributed by atoms with Gasteiger partial charge in [-0.3, -0.25) is 4.79 Å². The molecule has 4 aliphatic heterocycles. The molecule has 6 atom stereocenters. The van der Waals surface area contributed by atoms with Crippen LogP contribution in [0.3, 0.4) is 0 Å². The molecule has 5 aliphatic rings. The van der Waals surface area contributed by atoms with Crippen LogP contribution in [-0.4, -0.2) is 30.1 Å². The van der Waals surface area contributed by atoms with Crippen LogP contribution in [0.25, 0.3) is 0 Å². The highest BCUT2D eigenvalue weighted by molar-refractivity contribution is 5.76. The molecule has 0 radical (unpaired) electrons. The number of halogens is 3. The highest BCUT2D eigenvalue weighted by atomic mass is 19.4. The van der Waals surface area contributed by atoms with Crippen molar-refractivity contribution in [3.05, 3.63) is 11.3 Å². The van der Waals surface area contributed by atoms with E-state index in [0.717, 1.165) is 0 Å². The normalized spacial score (nSPS) is 47.7. The number of allylic oxidation sites excluding steroid dienone is 1. The first-order valence-corrected chi connectivity index (χ1v) is 8.19. The van der Waals surface area contributed by atoms with Crippen LogP contribution in [0.1, 0.15) is 39.5 Å². The third-order valence-electron chi connectivity index (χ3n) is 5.97. The Morgan fingerprint density at radius 3 is 2.62 bits per heavy atom. The van der Waals surface area contributed by atoms with Crippen LogP contribution < -0.4 is 0 Å². The Balaban J connectivity index is 1.90. The Hall–Kier alpha value is -1.12. The number of hydrogen-bond donors (Lipinski definition) is 0. The molecule has 0 amide bonds. The van der Waals surface area contributed by atoms with Gasteiger partial charge in [0.15, 0.2) is 5.60 Å². The van der Waals surface area contributed by atoms with Crippen LogP contribution in [0.5, 0.6) is 0 Å². The van der Waals surface area contributed by atoms with Gasteiger partial charge in [0.1, 0.15) is 6.29 Å². The number of hydrogen-bond acceptors (Lipinski definition) is 5. The minimum atomic E-state index is -4.76. The molecule has 4 heterocycles. The number of fused-ring (bicyclic) bond motifs is 2. The van der Waals surface area contributed by atoms with Gasteiger partial charge in [-0.25, -0.2) is 9.78 Å². The summed E-state index contributed by atoms with van der Waals surface area (Å²) in [6.45, 7) is 3.67. The van der Waals surface area contributed by atoms with Gasteiger partial charge in [0.05, 0.1) is 0 Å². The lowest BCUT2D eigenvalue weighted by molar-refractivity contribution is -0.557. The molecular weight excluding hydrogens is 329 g/mol. The van der Waals surface area contributed by atoms with Crippen molar-refractivity contribution < 1.29 is 37.2 Å². The Morgan fingerprint density at radius 2 is 1.96 bits per heavy atom. The number of ether oxygens (including phenoxy) is 2. The van der Waals surface area contributed by atoms with Crippen molar-refractivity contribution in [3.63, 3.8) is 0 Å². The molecule has 3 unspecified atom stereocenters. The summed E-state index contributed by atoms with van der Waals surface area (Å²) in [4.78, 5) is 22.7. The fourth-order valence-corrected chi connectivity index (χ4v) is 4.80. The minimum Gasteiger partial charge on any atom is -0.456 e. The van der Waals surface area contributed by atoms with E-state index in [1.54, 1.807) is 6.92 Å². The van der Waals surface area contributed by atoms with Crippen LogP contribution in [0, 0.1) is 17.8 Å². The maximum atomic E-state index is 13.4. The quantitative estimate of drug-likeness (QED) is 0.538. The standard InChI is InChI=1S/C16H19F3O5/c1-8-3-4-11-9(7-20)12(16(17,18)19)21-13-15(11)10(8)5-6-14(2,22-13)23-24-15/h7-8,10-11,13H,3-6H2,1-2H3/t8-,10?,11+,13-,14?,15?/m1/s1. The average Bonchev–Trinajstić information content (AvgIpc) is 2.74. The summed E-state index contributed by atoms with van der Waals surface area (Å²) < 4.78 is 51.2. The molecule has 3 saturated heterocycles. The van der Waals surface area contributed by atoms with Crippen molar-refractivity contribution in [1.82, 2.24) is 0 Å². The SMILES string of the molecule is C[C@@H]1CC[C@H]2C(C=O)=C(C(F)(F)F)O[C@@H]3OC4(C)CCC1C32OO4. The van der Waals surface area contributed by atoms with Gasteiger partial charge in [-0.15, -0.1) is 0 Å². The van der Waals surface area contributed by atoms with Gasteiger partial charge < -0.3 is 9.47 Å². The highest BCUT2D eigenvalue weighted by Crippen LogP contribution is 2.60. The minimum absolute atomic E-state index is 0.102. The molecule has 24 heavy (non-hydrogen) atoms. The second-order valence-electron chi connectivity index (χ2n) is 7.37. The van der Waals surface area contributed by atoms with Crippen molar-refractivity contribution in [3.8, 4) is 0 Å². The first-order chi connectivity index (χ1) is 11.2. The van der Waals surface area contributed by atoms with Crippen molar-refractivity contribution in [2.24, 2.45) is 17.8 Å². The lowest BCUT2D eigenvalue weighted by Gasteiger charge is -2.56. The van der Waals surface area contributed by atoms with E-state index < -0.39 is 41.1 Å². The van der Waals surface area contributed by atoms with Crippen LogP contribution in [0.15, 0.2) is 11.3 Å². The van der Waals surface area contributed by atoms with Crippen molar-refractivity contribution in [2.45, 2.75) is 63.4 Å². The predicted octanol–water partition coefficient (Wildman–Crippen LogP) is 3.25. The zero-order valence-electron chi connectivity index (χ0n) is 13.4. The summed E-state index contributed by atoms with van der Waals surface area (Å²) in [6.07, 6.45) is -3.46. The van der Waals surface area contributed by atoms with E-state index >= 15 is 0 Å². The summed E-state index contributed by atoms with van der Waals surface area (Å²) in [5, 5.41) is 0. The Morgan fingerprint density at radius 1 is 1.21 bits per heavy atom. The molecule has 1 aliphatic carbocycles. The van der Waals surface area contributed by atoms with E-state index in [9.17, 15) is 18.0 Å². The van der Waals surface area contributed by atoms with Crippen LogP contribution in [0.4, 0.5) is 13.2 Å². The van der Waals surface area contributed by atoms with Crippen molar-refractivity contribution >= 4 is 6.29 Å². The molecule has 0 aromatic carbocycles. The molecule has 8 heteroatoms. The highest BCUT2D eigenvalue weighted by Gasteiger charge is 2.70. The van der Waals surface area contributed by atoms with Gasteiger partial charge >= 0.3 is 6.18 Å². The number of rotatable bonds is 1. The number of carbonyl (C=O) groups excluding carboxylic acids is 1. The monoisotopic (exact) mass is 348 g/mol. The lowest BCUT2D eigenvalue weighted by atomic mass is 9.59. The second-order valence-corrected chi connectivity index (χ2v) is 7.37. The molecule has 5 rings (SSSR count). The van der Waals surface area contributed by atoms with Crippen LogP contribution in [0.2, 0.25) is 0 Å². The second kappa shape index (κ2) is 4.95. The molecule has 0 aromatic rings. The van der Waals surface area contributed by atoms with E-state index in [1.165, 1.54) is 0 Å². The zero-order chi connectivity index (χ0) is 17.3. The predicted molar refractivity (Wildman–Crippen MR) is 73.0 cm³/mol. The van der Waals surface area contributed by atoms with Gasteiger partial charge in [-0.2, -0.15) is 13.2 Å². The summed E-state index contributed by atoms with van der Waals surface area (Å²) in [5.41, 5.74) is -1.60. The molecule has 4 fully saturated rings. The molecular formula is C16H19F3O5. The average molecular weight is 348 g/mol. The maximum Gasteiger partial charge on any atom is 0.449 e. The van der Waals surface area contributed by atoms with Gasteiger partial charge in [0.25, 0.3) is 0 Å². The van der Waals surface area contributed by atoms with Gasteiger partial charge in [-0.1, -0.05) is 6.92 Å². The number of alkyl halides is 3. The fraction of sp³-hybridized carbons (Fsp3) is 0.812. The maximum absolute atomic E-state index is 13.4. The Bertz CT molecular complexity index is 603. The molecule has 1 spiro atoms. The van der Waals surface area contributed by atoms with Crippen molar-refractivity contribution in [2.75, 3.05) is 0 Å². The van der Waals surface area contributed by atoms with Gasteiger partial charge in [-0.05, 0) is 32.1 Å². The Labute approximate surface area is 137 Å². The van der Waals surface area contributed by atoms with E-state index in [0.29, 0.717) is 25.7 Å².